The molecule has 0 aromatic carbocycles. The molecular weight excluding hydrogens is 200 g/mol. The minimum absolute atomic E-state index is 0.393. The highest BCUT2D eigenvalue weighted by Crippen LogP contribution is 2.10. The molecule has 1 N–H and O–H groups in total. The van der Waals surface area contributed by atoms with Crippen LogP contribution in [0.15, 0.2) is 0 Å². The molecule has 0 radical (unpaired) electrons. The van der Waals surface area contributed by atoms with Gasteiger partial charge in [-0.2, -0.15) is 0 Å². The van der Waals surface area contributed by atoms with Gasteiger partial charge in [0, 0.05) is 31.7 Å². The lowest BCUT2D eigenvalue weighted by Crippen LogP contribution is -2.50. The van der Waals surface area contributed by atoms with Gasteiger partial charge in [0.25, 0.3) is 0 Å². The number of hydrogen-bond acceptors (Lipinski definition) is 3. The smallest absolute Gasteiger partial charge is 0.0674 e. The van der Waals surface area contributed by atoms with Crippen LogP contribution in [-0.4, -0.2) is 49.3 Å². The summed E-state index contributed by atoms with van der Waals surface area (Å²) in [5.41, 5.74) is 0. The largest absolute Gasteiger partial charge is 0.376 e. The van der Waals surface area contributed by atoms with Gasteiger partial charge in [0.05, 0.1) is 12.7 Å². The number of nitrogens with zero attached hydrogens (tertiary/aromatic N) is 1. The van der Waals surface area contributed by atoms with Gasteiger partial charge >= 0.3 is 0 Å². The first-order chi connectivity index (χ1) is 7.67. The molecule has 0 amide bonds. The summed E-state index contributed by atoms with van der Waals surface area (Å²) < 4.78 is 5.63. The molecule has 0 aromatic heterocycles. The summed E-state index contributed by atoms with van der Waals surface area (Å²) in [5.74, 6) is 0. The normalized spacial score (nSPS) is 27.6. The maximum Gasteiger partial charge on any atom is 0.0674 e. The van der Waals surface area contributed by atoms with Crippen molar-refractivity contribution in [3.63, 3.8) is 0 Å². The minimum atomic E-state index is 0.393. The van der Waals surface area contributed by atoms with Crippen LogP contribution in [0.4, 0.5) is 0 Å². The zero-order valence-corrected chi connectivity index (χ0v) is 11.3. The monoisotopic (exact) mass is 228 g/mol. The molecule has 1 rings (SSSR count). The fraction of sp³-hybridized carbons (Fsp3) is 1.00. The zero-order chi connectivity index (χ0) is 12.0. The molecule has 0 aliphatic carbocycles. The first-order valence-electron chi connectivity index (χ1n) is 6.76. The van der Waals surface area contributed by atoms with E-state index in [1.807, 2.05) is 0 Å². The second kappa shape index (κ2) is 7.25. The van der Waals surface area contributed by atoms with Gasteiger partial charge in [0.1, 0.15) is 0 Å². The maximum atomic E-state index is 5.63. The first kappa shape index (κ1) is 13.9. The lowest BCUT2D eigenvalue weighted by Gasteiger charge is -2.37. The summed E-state index contributed by atoms with van der Waals surface area (Å²) in [4.78, 5) is 2.53. The second-order valence-electron chi connectivity index (χ2n) is 4.96. The number of ether oxygens (including phenoxy) is 1. The quantitative estimate of drug-likeness (QED) is 0.751. The van der Waals surface area contributed by atoms with Gasteiger partial charge in [-0.25, -0.2) is 0 Å². The van der Waals surface area contributed by atoms with E-state index in [1.165, 1.54) is 12.8 Å². The van der Waals surface area contributed by atoms with Crippen molar-refractivity contribution < 1.29 is 4.74 Å². The molecule has 0 saturated carbocycles. The van der Waals surface area contributed by atoms with Crippen LogP contribution >= 0.6 is 0 Å². The van der Waals surface area contributed by atoms with Crippen LogP contribution in [0.1, 0.15) is 40.5 Å². The lowest BCUT2D eigenvalue weighted by atomic mass is 10.1. The van der Waals surface area contributed by atoms with Gasteiger partial charge in [-0.3, -0.25) is 4.90 Å². The highest BCUT2D eigenvalue weighted by Gasteiger charge is 2.22. The highest BCUT2D eigenvalue weighted by atomic mass is 16.5. The van der Waals surface area contributed by atoms with Crippen molar-refractivity contribution in [2.75, 3.05) is 26.2 Å². The highest BCUT2D eigenvalue weighted by molar-refractivity contribution is 4.76. The Labute approximate surface area is 101 Å². The van der Waals surface area contributed by atoms with Crippen LogP contribution in [0.25, 0.3) is 0 Å². The second-order valence-corrected chi connectivity index (χ2v) is 4.96. The van der Waals surface area contributed by atoms with Crippen molar-refractivity contribution >= 4 is 0 Å². The van der Waals surface area contributed by atoms with Gasteiger partial charge in [-0.1, -0.05) is 13.8 Å². The number of nitrogens with one attached hydrogen (secondary N) is 1. The van der Waals surface area contributed by atoms with E-state index in [0.29, 0.717) is 18.2 Å². The predicted octanol–water partition coefficient (Wildman–Crippen LogP) is 1.87. The van der Waals surface area contributed by atoms with Crippen LogP contribution in [0.5, 0.6) is 0 Å². The van der Waals surface area contributed by atoms with Crippen LogP contribution in [0, 0.1) is 0 Å². The van der Waals surface area contributed by atoms with E-state index in [2.05, 4.69) is 37.9 Å². The molecule has 1 aliphatic rings. The molecule has 0 spiro atoms. The molecule has 3 heteroatoms. The summed E-state index contributed by atoms with van der Waals surface area (Å²) in [6, 6.07) is 1.26. The Morgan fingerprint density at radius 2 is 2.00 bits per heavy atom. The Bertz CT molecular complexity index is 183. The Balaban J connectivity index is 2.20. The Morgan fingerprint density at radius 3 is 2.62 bits per heavy atom. The van der Waals surface area contributed by atoms with E-state index in [4.69, 9.17) is 4.74 Å². The van der Waals surface area contributed by atoms with Gasteiger partial charge in [0.15, 0.2) is 0 Å². The summed E-state index contributed by atoms with van der Waals surface area (Å²) in [7, 11) is 0. The fourth-order valence-corrected chi connectivity index (χ4v) is 2.27. The molecular formula is C13H28N2O. The molecule has 0 aromatic rings. The maximum absolute atomic E-state index is 5.63. The predicted molar refractivity (Wildman–Crippen MR) is 68.8 cm³/mol. The third-order valence-electron chi connectivity index (χ3n) is 3.55. The molecule has 2 atom stereocenters. The summed E-state index contributed by atoms with van der Waals surface area (Å²) in [5, 5.41) is 3.62. The third-order valence-corrected chi connectivity index (χ3v) is 3.55. The van der Waals surface area contributed by atoms with Crippen molar-refractivity contribution in [1.82, 2.24) is 10.2 Å². The average molecular weight is 228 g/mol. The van der Waals surface area contributed by atoms with Crippen LogP contribution in [0.2, 0.25) is 0 Å². The van der Waals surface area contributed by atoms with Crippen LogP contribution in [-0.2, 0) is 4.74 Å². The van der Waals surface area contributed by atoms with Crippen molar-refractivity contribution in [3.05, 3.63) is 0 Å². The Kier molecular flexibility index (Phi) is 6.32. The first-order valence-corrected chi connectivity index (χ1v) is 6.76. The number of morpholine rings is 1. The molecule has 1 heterocycles. The molecule has 0 bridgehead atoms. The summed E-state index contributed by atoms with van der Waals surface area (Å²) in [6.45, 7) is 13.1. The van der Waals surface area contributed by atoms with Crippen molar-refractivity contribution in [3.8, 4) is 0 Å². The van der Waals surface area contributed by atoms with Gasteiger partial charge < -0.3 is 10.1 Å². The van der Waals surface area contributed by atoms with Crippen LogP contribution in [0.3, 0.4) is 0 Å². The molecule has 16 heavy (non-hydrogen) atoms. The van der Waals surface area contributed by atoms with E-state index in [0.717, 1.165) is 26.2 Å². The van der Waals surface area contributed by atoms with E-state index >= 15 is 0 Å². The topological polar surface area (TPSA) is 24.5 Å². The van der Waals surface area contributed by atoms with E-state index in [1.54, 1.807) is 0 Å². The summed E-state index contributed by atoms with van der Waals surface area (Å²) in [6.07, 6.45) is 2.85. The molecule has 2 unspecified atom stereocenters. The van der Waals surface area contributed by atoms with E-state index in [-0.39, 0.29) is 0 Å². The average Bonchev–Trinajstić information content (AvgIpc) is 2.29. The van der Waals surface area contributed by atoms with Crippen molar-refractivity contribution in [1.29, 1.82) is 0 Å². The fourth-order valence-electron chi connectivity index (χ4n) is 2.27. The van der Waals surface area contributed by atoms with Gasteiger partial charge in [0.2, 0.25) is 0 Å². The zero-order valence-electron chi connectivity index (χ0n) is 11.3. The standard InChI is InChI=1S/C13H28N2O/c1-5-13(6-2)14-7-8-15-9-12(4)16-10-11(15)3/h11-14H,5-10H2,1-4H3. The van der Waals surface area contributed by atoms with Crippen molar-refractivity contribution in [2.24, 2.45) is 0 Å². The molecule has 1 fully saturated rings. The SMILES string of the molecule is CCC(CC)NCCN1CC(C)OCC1C. The Morgan fingerprint density at radius 1 is 1.31 bits per heavy atom. The van der Waals surface area contributed by atoms with Gasteiger partial charge in [-0.05, 0) is 26.7 Å². The van der Waals surface area contributed by atoms with Gasteiger partial charge in [-0.15, -0.1) is 0 Å². The molecule has 1 aliphatic heterocycles. The van der Waals surface area contributed by atoms with E-state index < -0.39 is 0 Å². The number of rotatable bonds is 6. The summed E-state index contributed by atoms with van der Waals surface area (Å²) >= 11 is 0. The van der Waals surface area contributed by atoms with Crippen LogP contribution < -0.4 is 5.32 Å². The van der Waals surface area contributed by atoms with Crippen molar-refractivity contribution in [2.45, 2.75) is 58.7 Å². The lowest BCUT2D eigenvalue weighted by molar-refractivity contribution is -0.0487. The van der Waals surface area contributed by atoms with E-state index in [9.17, 15) is 0 Å². The number of hydrogen-bond donors (Lipinski definition) is 1. The third kappa shape index (κ3) is 4.40. The molecule has 96 valence electrons. The molecule has 3 nitrogen and oxygen atoms in total. The Hall–Kier alpha value is -0.120. The minimum Gasteiger partial charge on any atom is -0.376 e. The molecule has 1 saturated heterocycles.